The first-order chi connectivity index (χ1) is 17.9. The molecule has 4 N–H and O–H groups in total. The average Bonchev–Trinajstić information content (AvgIpc) is 2.93. The van der Waals surface area contributed by atoms with Crippen LogP contribution < -0.4 is 21.8 Å². The molecule has 9 nitrogen and oxygen atoms in total. The summed E-state index contributed by atoms with van der Waals surface area (Å²) >= 11 is 0. The van der Waals surface area contributed by atoms with Gasteiger partial charge in [0.05, 0.1) is 17.3 Å². The van der Waals surface area contributed by atoms with Gasteiger partial charge in [0.1, 0.15) is 11.4 Å². The molecule has 1 amide bonds. The zero-order chi connectivity index (χ0) is 26.9. The molecule has 4 rings (SSSR count). The van der Waals surface area contributed by atoms with E-state index in [1.54, 1.807) is 26.2 Å². The van der Waals surface area contributed by atoms with E-state index in [9.17, 15) is 19.5 Å². The van der Waals surface area contributed by atoms with Gasteiger partial charge in [-0.2, -0.15) is 0 Å². The summed E-state index contributed by atoms with van der Waals surface area (Å²) in [5.41, 5.74) is 0.476. The highest BCUT2D eigenvalue weighted by atomic mass is 16.3. The van der Waals surface area contributed by atoms with Crippen LogP contribution in [0.15, 0.2) is 58.1 Å². The predicted molar refractivity (Wildman–Crippen MR) is 148 cm³/mol. The highest BCUT2D eigenvalue weighted by molar-refractivity contribution is 5.98. The minimum atomic E-state index is -0.436. The Balaban J connectivity index is 0.00000186. The molecule has 0 radical (unpaired) electrons. The molecule has 0 unspecified atom stereocenters. The first-order valence-electron chi connectivity index (χ1n) is 12.8. The molecule has 1 saturated carbocycles. The molecule has 0 bridgehead atoms. The number of hydrogen-bond acceptors (Lipinski definition) is 6. The Hall–Kier alpha value is -4.01. The van der Waals surface area contributed by atoms with E-state index in [2.05, 4.69) is 15.7 Å². The fourth-order valence-corrected chi connectivity index (χ4v) is 4.42. The standard InChI is InChI=1S/C26H31N5O4.C2H6/c1-30(2)25(34)19-14-9-15-20(23(19)32)28-22-21(27-16-17-10-5-3-6-11-17)24(33)29-31(26(22)35)18-12-7-4-8-13-18;1-2/h3,5-6,9-11,14-15,18,27-28,32H,4,7-8,12-13,16H2,1-2H3,(H,29,33);1-2H3. The van der Waals surface area contributed by atoms with Crippen LogP contribution in [-0.4, -0.2) is 39.8 Å². The second-order valence-corrected chi connectivity index (χ2v) is 9.02. The Morgan fingerprint density at radius 2 is 1.68 bits per heavy atom. The number of aromatic amines is 1. The van der Waals surface area contributed by atoms with Crippen LogP contribution in [0.1, 0.15) is 67.9 Å². The lowest BCUT2D eigenvalue weighted by Gasteiger charge is -2.25. The smallest absolute Gasteiger partial charge is 0.291 e. The molecule has 0 spiro atoms. The Labute approximate surface area is 217 Å². The van der Waals surface area contributed by atoms with E-state index in [1.165, 1.54) is 15.6 Å². The lowest BCUT2D eigenvalue weighted by molar-refractivity contribution is 0.0824. The largest absolute Gasteiger partial charge is 0.505 e. The van der Waals surface area contributed by atoms with E-state index < -0.39 is 11.1 Å². The molecule has 1 heterocycles. The third-order valence-electron chi connectivity index (χ3n) is 6.32. The van der Waals surface area contributed by atoms with E-state index in [4.69, 9.17) is 0 Å². The fraction of sp³-hybridized carbons (Fsp3) is 0.393. The van der Waals surface area contributed by atoms with E-state index in [-0.39, 0.29) is 40.3 Å². The maximum absolute atomic E-state index is 13.6. The van der Waals surface area contributed by atoms with Gasteiger partial charge in [0.25, 0.3) is 17.0 Å². The molecule has 9 heteroatoms. The number of para-hydroxylation sites is 1. The minimum absolute atomic E-state index is 0.0278. The number of benzene rings is 2. The van der Waals surface area contributed by atoms with Crippen LogP contribution in [0.25, 0.3) is 0 Å². The quantitative estimate of drug-likeness (QED) is 0.340. The highest BCUT2D eigenvalue weighted by Gasteiger charge is 2.24. The van der Waals surface area contributed by atoms with Gasteiger partial charge < -0.3 is 20.6 Å². The minimum Gasteiger partial charge on any atom is -0.505 e. The predicted octanol–water partition coefficient (Wildman–Crippen LogP) is 4.83. The summed E-state index contributed by atoms with van der Waals surface area (Å²) in [6, 6.07) is 14.1. The number of nitrogens with zero attached hydrogens (tertiary/aromatic N) is 2. The van der Waals surface area contributed by atoms with E-state index >= 15 is 0 Å². The normalized spacial score (nSPS) is 13.3. The van der Waals surface area contributed by atoms with Crippen LogP contribution in [0.5, 0.6) is 5.75 Å². The first kappa shape index (κ1) is 27.6. The SMILES string of the molecule is CC.CN(C)C(=O)c1cccc(Nc2c(NCc3ccccc3)c(=O)[nH]n(C3CCCCC3)c2=O)c1O. The van der Waals surface area contributed by atoms with Gasteiger partial charge in [-0.3, -0.25) is 19.5 Å². The van der Waals surface area contributed by atoms with E-state index in [0.717, 1.165) is 37.7 Å². The van der Waals surface area contributed by atoms with Crippen molar-refractivity contribution in [2.75, 3.05) is 24.7 Å². The van der Waals surface area contributed by atoms with Crippen molar-refractivity contribution in [2.45, 2.75) is 58.5 Å². The molecule has 0 saturated heterocycles. The second kappa shape index (κ2) is 12.8. The summed E-state index contributed by atoms with van der Waals surface area (Å²) < 4.78 is 1.41. The van der Waals surface area contributed by atoms with Crippen molar-refractivity contribution in [1.82, 2.24) is 14.7 Å². The maximum Gasteiger partial charge on any atom is 0.291 e. The van der Waals surface area contributed by atoms with Gasteiger partial charge in [0.2, 0.25) is 0 Å². The third-order valence-corrected chi connectivity index (χ3v) is 6.32. The van der Waals surface area contributed by atoms with Crippen LogP contribution in [0.3, 0.4) is 0 Å². The van der Waals surface area contributed by atoms with Crippen LogP contribution in [0.4, 0.5) is 17.1 Å². The number of hydrogen-bond donors (Lipinski definition) is 4. The maximum atomic E-state index is 13.6. The Bertz CT molecular complexity index is 1310. The van der Waals surface area contributed by atoms with Crippen LogP contribution in [-0.2, 0) is 6.54 Å². The lowest BCUT2D eigenvalue weighted by atomic mass is 9.95. The lowest BCUT2D eigenvalue weighted by Crippen LogP contribution is -2.36. The number of aromatic nitrogens is 2. The molecule has 1 aliphatic carbocycles. The van der Waals surface area contributed by atoms with Crippen molar-refractivity contribution in [3.63, 3.8) is 0 Å². The summed E-state index contributed by atoms with van der Waals surface area (Å²) in [7, 11) is 3.18. The zero-order valence-electron chi connectivity index (χ0n) is 22.0. The van der Waals surface area contributed by atoms with Crippen molar-refractivity contribution >= 4 is 23.0 Å². The molecule has 37 heavy (non-hydrogen) atoms. The van der Waals surface area contributed by atoms with Gasteiger partial charge >= 0.3 is 0 Å². The monoisotopic (exact) mass is 507 g/mol. The van der Waals surface area contributed by atoms with E-state index in [0.29, 0.717) is 6.54 Å². The van der Waals surface area contributed by atoms with Gasteiger partial charge in [-0.25, -0.2) is 4.68 Å². The molecule has 1 aromatic heterocycles. The molecule has 0 atom stereocenters. The van der Waals surface area contributed by atoms with Gasteiger partial charge in [-0.15, -0.1) is 0 Å². The summed E-state index contributed by atoms with van der Waals surface area (Å²) in [6.45, 7) is 4.33. The second-order valence-electron chi connectivity index (χ2n) is 9.02. The number of rotatable bonds is 7. The molecular weight excluding hydrogens is 470 g/mol. The molecule has 3 aromatic rings. The van der Waals surface area contributed by atoms with E-state index in [1.807, 2.05) is 44.2 Å². The first-order valence-corrected chi connectivity index (χ1v) is 12.8. The van der Waals surface area contributed by atoms with Gasteiger partial charge in [0.15, 0.2) is 5.75 Å². The average molecular weight is 508 g/mol. The molecule has 198 valence electrons. The number of phenolic OH excluding ortho intramolecular Hbond substituents is 1. The Morgan fingerprint density at radius 3 is 2.32 bits per heavy atom. The fourth-order valence-electron chi connectivity index (χ4n) is 4.42. The van der Waals surface area contributed by atoms with Gasteiger partial charge in [0, 0.05) is 20.6 Å². The third kappa shape index (κ3) is 6.41. The van der Waals surface area contributed by atoms with Crippen molar-refractivity contribution in [1.29, 1.82) is 0 Å². The number of anilines is 3. The molecular formula is C28H37N5O4. The van der Waals surface area contributed by atoms with Crippen LogP contribution >= 0.6 is 0 Å². The molecule has 2 aromatic carbocycles. The molecule has 0 aliphatic heterocycles. The Morgan fingerprint density at radius 1 is 1.00 bits per heavy atom. The number of carbonyl (C=O) groups excluding carboxylic acids is 1. The summed E-state index contributed by atoms with van der Waals surface area (Å²) in [5, 5.41) is 19.6. The number of aromatic hydroxyl groups is 1. The van der Waals surface area contributed by atoms with Crippen LogP contribution in [0, 0.1) is 0 Å². The number of carbonyl (C=O) groups is 1. The Kier molecular flexibility index (Phi) is 9.54. The van der Waals surface area contributed by atoms with Gasteiger partial charge in [-0.05, 0) is 30.5 Å². The van der Waals surface area contributed by atoms with Gasteiger partial charge in [-0.1, -0.05) is 69.5 Å². The molecule has 1 fully saturated rings. The summed E-state index contributed by atoms with van der Waals surface area (Å²) in [5.74, 6) is -0.664. The van der Waals surface area contributed by atoms with Crippen molar-refractivity contribution in [2.24, 2.45) is 0 Å². The van der Waals surface area contributed by atoms with Crippen molar-refractivity contribution in [3.05, 3.63) is 80.4 Å². The summed E-state index contributed by atoms with van der Waals surface area (Å²) in [6.07, 6.45) is 4.71. The van der Waals surface area contributed by atoms with Crippen LogP contribution in [0.2, 0.25) is 0 Å². The number of phenols is 1. The zero-order valence-corrected chi connectivity index (χ0v) is 22.0. The van der Waals surface area contributed by atoms with Crippen molar-refractivity contribution < 1.29 is 9.90 Å². The highest BCUT2D eigenvalue weighted by Crippen LogP contribution is 2.32. The van der Waals surface area contributed by atoms with Crippen molar-refractivity contribution in [3.8, 4) is 5.75 Å². The number of nitrogens with one attached hydrogen (secondary N) is 3. The number of H-pyrrole nitrogens is 1. The number of amides is 1. The topological polar surface area (TPSA) is 119 Å². The molecule has 1 aliphatic rings. The summed E-state index contributed by atoms with van der Waals surface area (Å²) in [4.78, 5) is 40.6.